The van der Waals surface area contributed by atoms with E-state index in [1.807, 2.05) is 13.8 Å². The maximum absolute atomic E-state index is 12.9. The second-order valence-electron chi connectivity index (χ2n) is 7.02. The standard InChI is InChI=1S/C21H28N2O2/c1-4-18(17-9-6-5-7-10-17)20-11-8-14-23(20)21(24)13-12-19-15(2)22-25-16(19)3/h5-7,9-10,18,20H,4,8,11-14H2,1-3H3/t18-,20-/m0/s1. The highest BCUT2D eigenvalue weighted by atomic mass is 16.5. The van der Waals surface area contributed by atoms with Gasteiger partial charge >= 0.3 is 0 Å². The maximum atomic E-state index is 12.9. The third kappa shape index (κ3) is 3.78. The molecule has 1 amide bonds. The molecular weight excluding hydrogens is 312 g/mol. The minimum atomic E-state index is 0.261. The van der Waals surface area contributed by atoms with Crippen LogP contribution in [0.5, 0.6) is 0 Å². The Hall–Kier alpha value is -2.10. The van der Waals surface area contributed by atoms with Gasteiger partial charge in [0.15, 0.2) is 0 Å². The van der Waals surface area contributed by atoms with Gasteiger partial charge in [0.25, 0.3) is 0 Å². The second kappa shape index (κ2) is 7.85. The molecule has 4 heteroatoms. The molecule has 0 N–H and O–H groups in total. The Morgan fingerprint density at radius 2 is 2.08 bits per heavy atom. The van der Waals surface area contributed by atoms with E-state index in [-0.39, 0.29) is 5.91 Å². The van der Waals surface area contributed by atoms with Crippen molar-refractivity contribution >= 4 is 5.91 Å². The SMILES string of the molecule is CC[C@@H](c1ccccc1)[C@@H]1CCCN1C(=O)CCc1c(C)noc1C. The van der Waals surface area contributed by atoms with E-state index in [4.69, 9.17) is 4.52 Å². The molecule has 1 saturated heterocycles. The lowest BCUT2D eigenvalue weighted by molar-refractivity contribution is -0.132. The van der Waals surface area contributed by atoms with E-state index in [0.717, 1.165) is 42.8 Å². The van der Waals surface area contributed by atoms with E-state index in [2.05, 4.69) is 47.3 Å². The Labute approximate surface area is 150 Å². The summed E-state index contributed by atoms with van der Waals surface area (Å²) >= 11 is 0. The van der Waals surface area contributed by atoms with Crippen LogP contribution in [0.1, 0.15) is 61.1 Å². The fourth-order valence-corrected chi connectivity index (χ4v) is 4.18. The first-order chi connectivity index (χ1) is 12.1. The van der Waals surface area contributed by atoms with Crippen LogP contribution in [0.15, 0.2) is 34.9 Å². The van der Waals surface area contributed by atoms with Crippen LogP contribution in [-0.2, 0) is 11.2 Å². The zero-order valence-electron chi connectivity index (χ0n) is 15.5. The van der Waals surface area contributed by atoms with Gasteiger partial charge in [0.2, 0.25) is 5.91 Å². The molecule has 1 fully saturated rings. The van der Waals surface area contributed by atoms with Gasteiger partial charge in [-0.1, -0.05) is 42.4 Å². The quantitative estimate of drug-likeness (QED) is 0.782. The fourth-order valence-electron chi connectivity index (χ4n) is 4.18. The van der Waals surface area contributed by atoms with Crippen molar-refractivity contribution in [2.24, 2.45) is 0 Å². The lowest BCUT2D eigenvalue weighted by Crippen LogP contribution is -2.39. The molecule has 2 heterocycles. The number of amides is 1. The number of likely N-dealkylation sites (tertiary alicyclic amines) is 1. The Morgan fingerprint density at radius 3 is 2.72 bits per heavy atom. The summed E-state index contributed by atoms with van der Waals surface area (Å²) in [6, 6.07) is 11.0. The van der Waals surface area contributed by atoms with E-state index < -0.39 is 0 Å². The third-order valence-corrected chi connectivity index (χ3v) is 5.52. The zero-order chi connectivity index (χ0) is 17.8. The molecule has 0 saturated carbocycles. The first kappa shape index (κ1) is 17.7. The van der Waals surface area contributed by atoms with E-state index in [1.54, 1.807) is 0 Å². The molecule has 4 nitrogen and oxygen atoms in total. The van der Waals surface area contributed by atoms with Crippen LogP contribution in [0.2, 0.25) is 0 Å². The summed E-state index contributed by atoms with van der Waals surface area (Å²) in [4.78, 5) is 15.0. The lowest BCUT2D eigenvalue weighted by Gasteiger charge is -2.32. The molecule has 1 aromatic carbocycles. The molecule has 1 aromatic heterocycles. The van der Waals surface area contributed by atoms with Crippen molar-refractivity contribution in [3.05, 3.63) is 52.9 Å². The van der Waals surface area contributed by atoms with Crippen molar-refractivity contribution in [3.8, 4) is 0 Å². The van der Waals surface area contributed by atoms with Crippen LogP contribution in [0, 0.1) is 13.8 Å². The summed E-state index contributed by atoms with van der Waals surface area (Å²) in [5.41, 5.74) is 3.33. The Kier molecular flexibility index (Phi) is 5.57. The van der Waals surface area contributed by atoms with Gasteiger partial charge in [-0.05, 0) is 45.1 Å². The number of carbonyl (C=O) groups excluding carboxylic acids is 1. The Bertz CT molecular complexity index is 688. The highest BCUT2D eigenvalue weighted by Gasteiger charge is 2.34. The van der Waals surface area contributed by atoms with E-state index in [0.29, 0.717) is 24.8 Å². The average Bonchev–Trinajstić information content (AvgIpc) is 3.22. The largest absolute Gasteiger partial charge is 0.361 e. The second-order valence-corrected chi connectivity index (χ2v) is 7.02. The molecule has 0 aliphatic carbocycles. The van der Waals surface area contributed by atoms with Crippen LogP contribution < -0.4 is 0 Å². The van der Waals surface area contributed by atoms with Gasteiger partial charge < -0.3 is 9.42 Å². The van der Waals surface area contributed by atoms with Crippen LogP contribution in [0.25, 0.3) is 0 Å². The zero-order valence-corrected chi connectivity index (χ0v) is 15.5. The normalized spacial score (nSPS) is 18.5. The summed E-state index contributed by atoms with van der Waals surface area (Å²) in [5.74, 6) is 1.52. The minimum Gasteiger partial charge on any atom is -0.361 e. The lowest BCUT2D eigenvalue weighted by atomic mass is 9.87. The molecule has 1 aliphatic rings. The molecule has 0 spiro atoms. The Morgan fingerprint density at radius 1 is 1.32 bits per heavy atom. The number of aromatic nitrogens is 1. The number of carbonyl (C=O) groups is 1. The molecule has 0 bridgehead atoms. The summed E-state index contributed by atoms with van der Waals surface area (Å²) in [6.07, 6.45) is 4.51. The molecule has 134 valence electrons. The van der Waals surface area contributed by atoms with Crippen molar-refractivity contribution in [1.82, 2.24) is 10.1 Å². The minimum absolute atomic E-state index is 0.261. The van der Waals surface area contributed by atoms with Crippen LogP contribution in [0.4, 0.5) is 0 Å². The number of aryl methyl sites for hydroxylation is 2. The molecule has 1 aliphatic heterocycles. The number of hydrogen-bond acceptors (Lipinski definition) is 3. The first-order valence-corrected chi connectivity index (χ1v) is 9.38. The predicted molar refractivity (Wildman–Crippen MR) is 98.5 cm³/mol. The summed E-state index contributed by atoms with van der Waals surface area (Å²) in [6.45, 7) is 6.97. The van der Waals surface area contributed by atoms with Gasteiger partial charge in [-0.25, -0.2) is 0 Å². The van der Waals surface area contributed by atoms with Gasteiger partial charge in [0, 0.05) is 30.5 Å². The fraction of sp³-hybridized carbons (Fsp3) is 0.524. The van der Waals surface area contributed by atoms with Crippen molar-refractivity contribution in [2.45, 2.75) is 64.8 Å². The number of hydrogen-bond donors (Lipinski definition) is 0. The third-order valence-electron chi connectivity index (χ3n) is 5.52. The van der Waals surface area contributed by atoms with Crippen molar-refractivity contribution in [1.29, 1.82) is 0 Å². The monoisotopic (exact) mass is 340 g/mol. The van der Waals surface area contributed by atoms with Gasteiger partial charge in [-0.2, -0.15) is 0 Å². The van der Waals surface area contributed by atoms with E-state index >= 15 is 0 Å². The van der Waals surface area contributed by atoms with Crippen molar-refractivity contribution in [2.75, 3.05) is 6.54 Å². The molecule has 25 heavy (non-hydrogen) atoms. The van der Waals surface area contributed by atoms with Crippen LogP contribution in [0.3, 0.4) is 0 Å². The smallest absolute Gasteiger partial charge is 0.223 e. The van der Waals surface area contributed by atoms with Gasteiger partial charge in [-0.15, -0.1) is 0 Å². The Balaban J connectivity index is 1.69. The van der Waals surface area contributed by atoms with Crippen molar-refractivity contribution < 1.29 is 9.32 Å². The number of benzene rings is 1. The molecule has 0 radical (unpaired) electrons. The summed E-state index contributed by atoms with van der Waals surface area (Å²) in [5, 5.41) is 3.99. The number of rotatable bonds is 6. The molecule has 2 aromatic rings. The average molecular weight is 340 g/mol. The summed E-state index contributed by atoms with van der Waals surface area (Å²) in [7, 11) is 0. The topological polar surface area (TPSA) is 46.3 Å². The van der Waals surface area contributed by atoms with Gasteiger partial charge in [-0.3, -0.25) is 4.79 Å². The van der Waals surface area contributed by atoms with Gasteiger partial charge in [0.1, 0.15) is 5.76 Å². The van der Waals surface area contributed by atoms with E-state index in [1.165, 1.54) is 5.56 Å². The van der Waals surface area contributed by atoms with Crippen LogP contribution in [-0.4, -0.2) is 28.6 Å². The predicted octanol–water partition coefficient (Wildman–Crippen LogP) is 4.41. The van der Waals surface area contributed by atoms with E-state index in [9.17, 15) is 4.79 Å². The molecule has 2 atom stereocenters. The number of nitrogens with zero attached hydrogens (tertiary/aromatic N) is 2. The molecule has 3 rings (SSSR count). The summed E-state index contributed by atoms with van der Waals surface area (Å²) < 4.78 is 5.21. The molecular formula is C21H28N2O2. The maximum Gasteiger partial charge on any atom is 0.223 e. The molecule has 0 unspecified atom stereocenters. The first-order valence-electron chi connectivity index (χ1n) is 9.38. The van der Waals surface area contributed by atoms with Crippen LogP contribution >= 0.6 is 0 Å². The van der Waals surface area contributed by atoms with Crippen molar-refractivity contribution in [3.63, 3.8) is 0 Å². The highest BCUT2D eigenvalue weighted by Crippen LogP contribution is 2.34. The highest BCUT2D eigenvalue weighted by molar-refractivity contribution is 5.77. The van der Waals surface area contributed by atoms with Gasteiger partial charge in [0.05, 0.1) is 5.69 Å².